The van der Waals surface area contributed by atoms with Gasteiger partial charge in [-0.15, -0.1) is 4.73 Å². The van der Waals surface area contributed by atoms with E-state index in [4.69, 9.17) is 30.5 Å². The van der Waals surface area contributed by atoms with E-state index in [0.29, 0.717) is 10.8 Å². The number of nitrogens with zero attached hydrogens (tertiary/aromatic N) is 1. The zero-order chi connectivity index (χ0) is 28.5. The maximum absolute atomic E-state index is 13.5. The van der Waals surface area contributed by atoms with Crippen molar-refractivity contribution in [2.75, 3.05) is 18.5 Å². The van der Waals surface area contributed by atoms with E-state index in [1.807, 2.05) is 0 Å². The number of aryl methyl sites for hydroxylation is 1. The van der Waals surface area contributed by atoms with Crippen LogP contribution in [0.1, 0.15) is 35.3 Å². The maximum Gasteiger partial charge on any atom is 0.417 e. The fourth-order valence-electron chi connectivity index (χ4n) is 3.75. The molecule has 13 heteroatoms. The van der Waals surface area contributed by atoms with Crippen LogP contribution in [0.2, 0.25) is 5.02 Å². The van der Waals surface area contributed by atoms with Gasteiger partial charge in [-0.3, -0.25) is 4.79 Å². The molecule has 0 bridgehead atoms. The Balaban J connectivity index is 1.59. The van der Waals surface area contributed by atoms with E-state index < -0.39 is 46.1 Å². The molecule has 1 saturated heterocycles. The molecule has 0 spiro atoms. The summed E-state index contributed by atoms with van der Waals surface area (Å²) in [5, 5.41) is 14.0. The lowest BCUT2D eigenvalue weighted by molar-refractivity contribution is -0.613. The molecule has 2 heterocycles. The van der Waals surface area contributed by atoms with Crippen molar-refractivity contribution < 1.29 is 46.0 Å². The average molecular weight is 571 g/mol. The molecule has 0 unspecified atom stereocenters. The van der Waals surface area contributed by atoms with Gasteiger partial charge in [0.2, 0.25) is 0 Å². The van der Waals surface area contributed by atoms with Crippen molar-refractivity contribution in [2.45, 2.75) is 38.8 Å². The monoisotopic (exact) mass is 570 g/mol. The number of ether oxygens (including phenoxy) is 4. The van der Waals surface area contributed by atoms with Gasteiger partial charge in [0.05, 0.1) is 34.5 Å². The zero-order valence-electron chi connectivity index (χ0n) is 20.9. The highest BCUT2D eigenvalue weighted by atomic mass is 35.5. The highest BCUT2D eigenvalue weighted by Crippen LogP contribution is 2.40. The minimum absolute atomic E-state index is 0.00735. The molecule has 2 aromatic carbocycles. The molecule has 0 aliphatic carbocycles. The van der Waals surface area contributed by atoms with Crippen molar-refractivity contribution in [1.29, 1.82) is 0 Å². The van der Waals surface area contributed by atoms with E-state index in [1.54, 1.807) is 13.8 Å². The van der Waals surface area contributed by atoms with Gasteiger partial charge < -0.3 is 29.5 Å². The van der Waals surface area contributed by atoms with Gasteiger partial charge in [-0.05, 0) is 56.7 Å². The molecule has 1 aliphatic rings. The Morgan fingerprint density at radius 2 is 1.95 bits per heavy atom. The van der Waals surface area contributed by atoms with E-state index >= 15 is 0 Å². The number of hydrogen-bond acceptors (Lipinski definition) is 6. The number of amides is 1. The second-order valence-electron chi connectivity index (χ2n) is 9.13. The van der Waals surface area contributed by atoms with Crippen molar-refractivity contribution in [3.8, 4) is 17.4 Å². The average Bonchev–Trinajstić information content (AvgIpc) is 3.19. The second kappa shape index (κ2) is 10.9. The van der Waals surface area contributed by atoms with Crippen LogP contribution in [0.25, 0.3) is 0 Å². The molecular formula is C26H23ClF4N2O6. The number of halogens is 5. The first kappa shape index (κ1) is 28.4. The van der Waals surface area contributed by atoms with Crippen LogP contribution in [0, 0.1) is 17.9 Å². The van der Waals surface area contributed by atoms with Crippen LogP contribution in [0.3, 0.4) is 0 Å². The van der Waals surface area contributed by atoms with E-state index in [2.05, 4.69) is 5.32 Å². The summed E-state index contributed by atoms with van der Waals surface area (Å²) in [5.74, 6) is -2.84. The SMILES string of the molecule is Cc1cc(F)ccc1Oc1cc(C(F)(F)F)c(Cl)cc1C(=O)Nc1cc[n+]([O-])c(OC[C@H]2COC(C)(C)O2)c1. The first-order chi connectivity index (χ1) is 18.2. The summed E-state index contributed by atoms with van der Waals surface area (Å²) in [5.41, 5.74) is -1.17. The minimum Gasteiger partial charge on any atom is -0.616 e. The third-order valence-corrected chi connectivity index (χ3v) is 5.92. The molecule has 8 nitrogen and oxygen atoms in total. The van der Waals surface area contributed by atoms with Crippen LogP contribution in [-0.4, -0.2) is 31.0 Å². The summed E-state index contributed by atoms with van der Waals surface area (Å²) in [7, 11) is 0. The van der Waals surface area contributed by atoms with Crippen molar-refractivity contribution in [1.82, 2.24) is 0 Å². The summed E-state index contributed by atoms with van der Waals surface area (Å²) in [6.45, 7) is 5.21. The first-order valence-corrected chi connectivity index (χ1v) is 11.9. The number of nitrogens with one attached hydrogen (secondary N) is 1. The second-order valence-corrected chi connectivity index (χ2v) is 9.54. The fourth-order valence-corrected chi connectivity index (χ4v) is 4.02. The number of hydrogen-bond donors (Lipinski definition) is 1. The maximum atomic E-state index is 13.5. The molecule has 1 atom stereocenters. The lowest BCUT2D eigenvalue weighted by Gasteiger charge is -2.17. The van der Waals surface area contributed by atoms with Crippen molar-refractivity contribution in [3.05, 3.63) is 81.4 Å². The number of anilines is 1. The molecule has 0 saturated carbocycles. The molecule has 208 valence electrons. The molecule has 1 fully saturated rings. The van der Waals surface area contributed by atoms with Gasteiger partial charge in [-0.25, -0.2) is 4.39 Å². The van der Waals surface area contributed by atoms with Gasteiger partial charge in [0.15, 0.2) is 12.0 Å². The largest absolute Gasteiger partial charge is 0.616 e. The van der Waals surface area contributed by atoms with Gasteiger partial charge in [0.25, 0.3) is 5.91 Å². The number of aromatic nitrogens is 1. The molecule has 1 amide bonds. The molecule has 1 N–H and O–H groups in total. The smallest absolute Gasteiger partial charge is 0.417 e. The van der Waals surface area contributed by atoms with Gasteiger partial charge >= 0.3 is 12.1 Å². The Kier molecular flexibility index (Phi) is 7.92. The summed E-state index contributed by atoms with van der Waals surface area (Å²) in [6, 6.07) is 7.34. The Morgan fingerprint density at radius 3 is 2.59 bits per heavy atom. The van der Waals surface area contributed by atoms with E-state index in [-0.39, 0.29) is 41.7 Å². The summed E-state index contributed by atoms with van der Waals surface area (Å²) >= 11 is 5.87. The van der Waals surface area contributed by atoms with Crippen molar-refractivity contribution >= 4 is 23.2 Å². The molecule has 0 radical (unpaired) electrons. The van der Waals surface area contributed by atoms with Crippen molar-refractivity contribution in [2.24, 2.45) is 0 Å². The predicted octanol–water partition coefficient (Wildman–Crippen LogP) is 6.01. The molecule has 39 heavy (non-hydrogen) atoms. The van der Waals surface area contributed by atoms with Crippen molar-refractivity contribution in [3.63, 3.8) is 0 Å². The van der Waals surface area contributed by atoms with Gasteiger partial charge in [-0.2, -0.15) is 13.2 Å². The summed E-state index contributed by atoms with van der Waals surface area (Å²) in [6.07, 6.45) is -4.18. The third kappa shape index (κ3) is 6.88. The molecular weight excluding hydrogens is 548 g/mol. The molecule has 1 aliphatic heterocycles. The number of pyridine rings is 1. The normalized spacial score (nSPS) is 16.7. The van der Waals surface area contributed by atoms with Gasteiger partial charge in [0, 0.05) is 6.07 Å². The number of alkyl halides is 3. The number of benzene rings is 2. The van der Waals surface area contributed by atoms with Crippen LogP contribution in [0.4, 0.5) is 23.2 Å². The van der Waals surface area contributed by atoms with E-state index in [9.17, 15) is 27.6 Å². The predicted molar refractivity (Wildman–Crippen MR) is 131 cm³/mol. The van der Waals surface area contributed by atoms with Gasteiger partial charge in [0.1, 0.15) is 30.0 Å². The molecule has 1 aromatic heterocycles. The summed E-state index contributed by atoms with van der Waals surface area (Å²) in [4.78, 5) is 13.2. The highest BCUT2D eigenvalue weighted by molar-refractivity contribution is 6.32. The Hall–Kier alpha value is -3.61. The summed E-state index contributed by atoms with van der Waals surface area (Å²) < 4.78 is 76.8. The zero-order valence-corrected chi connectivity index (χ0v) is 21.7. The topological polar surface area (TPSA) is 93.0 Å². The Morgan fingerprint density at radius 1 is 1.21 bits per heavy atom. The third-order valence-electron chi connectivity index (χ3n) is 5.60. The number of carbonyl (C=O) groups is 1. The van der Waals surface area contributed by atoms with Crippen LogP contribution in [0.5, 0.6) is 17.4 Å². The van der Waals surface area contributed by atoms with Crippen LogP contribution < -0.4 is 19.5 Å². The molecule has 4 rings (SSSR count). The quantitative estimate of drug-likeness (QED) is 0.212. The fraction of sp³-hybridized carbons (Fsp3) is 0.308. The minimum atomic E-state index is -4.83. The lowest BCUT2D eigenvalue weighted by Crippen LogP contribution is -2.32. The Labute approximate surface area is 225 Å². The highest BCUT2D eigenvalue weighted by Gasteiger charge is 2.36. The first-order valence-electron chi connectivity index (χ1n) is 11.6. The van der Waals surface area contributed by atoms with E-state index in [1.165, 1.54) is 25.1 Å². The van der Waals surface area contributed by atoms with Crippen LogP contribution in [0.15, 0.2) is 48.7 Å². The lowest BCUT2D eigenvalue weighted by atomic mass is 10.1. The Bertz CT molecular complexity index is 1400. The van der Waals surface area contributed by atoms with Gasteiger partial charge in [-0.1, -0.05) is 11.6 Å². The van der Waals surface area contributed by atoms with Crippen LogP contribution >= 0.6 is 11.6 Å². The molecule has 3 aromatic rings. The van der Waals surface area contributed by atoms with Crippen LogP contribution in [-0.2, 0) is 15.7 Å². The number of carbonyl (C=O) groups excluding carboxylic acids is 1. The standard InChI is InChI=1S/C26H23ClF4N2O6/c1-14-8-15(28)4-5-21(14)38-22-11-19(26(29,30)31)20(27)10-18(22)24(34)32-16-6-7-33(35)23(9-16)36-12-17-13-37-25(2,3)39-17/h4-11,17H,12-13H2,1-3H3,(H,32,34)/t17-/m0/s1. The van der Waals surface area contributed by atoms with E-state index in [0.717, 1.165) is 24.4 Å². The number of rotatable bonds is 7.